The van der Waals surface area contributed by atoms with Gasteiger partial charge in [0.15, 0.2) is 0 Å². The van der Waals surface area contributed by atoms with E-state index in [1.54, 1.807) is 11.0 Å². The zero-order valence-electron chi connectivity index (χ0n) is 18.3. The van der Waals surface area contributed by atoms with Gasteiger partial charge in [-0.05, 0) is 67.2 Å². The molecule has 1 heterocycles. The molecule has 0 N–H and O–H groups in total. The van der Waals surface area contributed by atoms with Gasteiger partial charge in [0.2, 0.25) is 11.8 Å². The highest BCUT2D eigenvalue weighted by Crippen LogP contribution is 2.65. The summed E-state index contributed by atoms with van der Waals surface area (Å²) in [5.74, 6) is 0.541. The second kappa shape index (κ2) is 6.89. The van der Waals surface area contributed by atoms with Gasteiger partial charge in [-0.3, -0.25) is 24.2 Å². The van der Waals surface area contributed by atoms with E-state index >= 15 is 0 Å². The molecule has 0 spiro atoms. The van der Waals surface area contributed by atoms with Crippen LogP contribution in [-0.4, -0.2) is 29.3 Å². The van der Waals surface area contributed by atoms with Gasteiger partial charge in [0.1, 0.15) is 6.67 Å². The molecule has 32 heavy (non-hydrogen) atoms. The van der Waals surface area contributed by atoms with E-state index in [0.717, 1.165) is 23.2 Å². The summed E-state index contributed by atoms with van der Waals surface area (Å²) in [6.45, 7) is 3.80. The first-order valence-corrected chi connectivity index (χ1v) is 11.4. The minimum atomic E-state index is -0.256. The van der Waals surface area contributed by atoms with E-state index in [9.17, 15) is 14.4 Å². The average Bonchev–Trinajstić information content (AvgIpc) is 3.58. The molecule has 4 aliphatic carbocycles. The number of allylic oxidation sites excluding steroid dienone is 2. The first-order valence-electron chi connectivity index (χ1n) is 11.4. The summed E-state index contributed by atoms with van der Waals surface area (Å²) >= 11 is 0. The Morgan fingerprint density at radius 3 is 2.03 bits per heavy atom. The fraction of sp³-hybridized carbons (Fsp3) is 0.370. The number of para-hydroxylation sites is 1. The van der Waals surface area contributed by atoms with Crippen LogP contribution in [0.25, 0.3) is 0 Å². The van der Waals surface area contributed by atoms with Gasteiger partial charge in [0, 0.05) is 11.3 Å². The first-order chi connectivity index (χ1) is 15.5. The summed E-state index contributed by atoms with van der Waals surface area (Å²) in [5, 5.41) is 0. The number of hydrogen-bond acceptors (Lipinski definition) is 3. The zero-order valence-corrected chi connectivity index (χ0v) is 18.3. The molecule has 5 nitrogen and oxygen atoms in total. The highest BCUT2D eigenvalue weighted by atomic mass is 16.2. The molecule has 162 valence electrons. The molecule has 5 heteroatoms. The van der Waals surface area contributed by atoms with E-state index in [4.69, 9.17) is 0 Å². The third-order valence-corrected chi connectivity index (χ3v) is 8.06. The minimum Gasteiger partial charge on any atom is -0.289 e. The number of nitrogens with zero attached hydrogens (tertiary/aromatic N) is 2. The Morgan fingerprint density at radius 1 is 0.875 bits per heavy atom. The van der Waals surface area contributed by atoms with Crippen molar-refractivity contribution in [1.82, 2.24) is 4.90 Å². The quantitative estimate of drug-likeness (QED) is 0.549. The molecule has 2 bridgehead atoms. The number of carbonyl (C=O) groups is 3. The normalized spacial score (nSPS) is 31.5. The highest BCUT2D eigenvalue weighted by molar-refractivity contribution is 6.10. The van der Waals surface area contributed by atoms with E-state index in [-0.39, 0.29) is 48.1 Å². The molecule has 5 aliphatic rings. The topological polar surface area (TPSA) is 57.7 Å². The molecule has 6 atom stereocenters. The van der Waals surface area contributed by atoms with Crippen molar-refractivity contribution in [2.75, 3.05) is 11.6 Å². The van der Waals surface area contributed by atoms with Crippen LogP contribution in [0, 0.1) is 49.4 Å². The van der Waals surface area contributed by atoms with Gasteiger partial charge in [-0.15, -0.1) is 0 Å². The first kappa shape index (κ1) is 19.5. The van der Waals surface area contributed by atoms with Gasteiger partial charge in [-0.25, -0.2) is 0 Å². The third-order valence-electron chi connectivity index (χ3n) is 8.06. The molecule has 2 saturated carbocycles. The van der Waals surface area contributed by atoms with Crippen molar-refractivity contribution in [2.45, 2.75) is 20.3 Å². The lowest BCUT2D eigenvalue weighted by molar-refractivity contribution is -0.140. The number of carbonyl (C=O) groups excluding carboxylic acids is 3. The smallest absolute Gasteiger partial charge is 0.260 e. The third kappa shape index (κ3) is 2.66. The maximum Gasteiger partial charge on any atom is 0.260 e. The Bertz CT molecular complexity index is 1150. The fourth-order valence-electron chi connectivity index (χ4n) is 6.37. The Morgan fingerprint density at radius 2 is 1.44 bits per heavy atom. The molecule has 0 aromatic heterocycles. The van der Waals surface area contributed by atoms with Crippen molar-refractivity contribution >= 4 is 23.4 Å². The lowest BCUT2D eigenvalue weighted by Crippen LogP contribution is -2.45. The van der Waals surface area contributed by atoms with Crippen LogP contribution in [0.15, 0.2) is 60.7 Å². The van der Waals surface area contributed by atoms with Gasteiger partial charge >= 0.3 is 0 Å². The van der Waals surface area contributed by atoms with E-state index in [1.807, 2.05) is 56.3 Å². The predicted octanol–water partition coefficient (Wildman–Crippen LogP) is 3.96. The van der Waals surface area contributed by atoms with Crippen LogP contribution in [0.3, 0.4) is 0 Å². The second-order valence-electron chi connectivity index (χ2n) is 9.74. The number of likely N-dealkylation sites (tertiary alicyclic amines) is 1. The summed E-state index contributed by atoms with van der Waals surface area (Å²) in [6, 6.07) is 15.1. The van der Waals surface area contributed by atoms with Crippen LogP contribution in [0.4, 0.5) is 5.69 Å². The maximum atomic E-state index is 13.7. The van der Waals surface area contributed by atoms with Crippen molar-refractivity contribution in [1.29, 1.82) is 0 Å². The fourth-order valence-corrected chi connectivity index (χ4v) is 6.37. The molecular weight excluding hydrogens is 400 g/mol. The van der Waals surface area contributed by atoms with E-state index in [1.165, 1.54) is 4.90 Å². The molecule has 6 unspecified atom stereocenters. The van der Waals surface area contributed by atoms with Crippen molar-refractivity contribution in [3.05, 3.63) is 77.4 Å². The Balaban J connectivity index is 1.37. The molecule has 3 fully saturated rings. The molecule has 2 aromatic carbocycles. The standard InChI is InChI=1S/C27H26N2O3/c1-15-7-3-5-9-17(15)25(30)28(22-10-6-4-8-16(22)2)14-29-26(31)23-18-11-12-19(21-13-20(18)21)24(23)27(29)32/h3-12,18-21,23-24H,13-14H2,1-2H3. The number of amides is 3. The highest BCUT2D eigenvalue weighted by Gasteiger charge is 2.67. The van der Waals surface area contributed by atoms with Crippen LogP contribution in [0.5, 0.6) is 0 Å². The zero-order chi connectivity index (χ0) is 22.1. The summed E-state index contributed by atoms with van der Waals surface area (Å²) in [5.41, 5.74) is 3.09. The van der Waals surface area contributed by atoms with Crippen molar-refractivity contribution < 1.29 is 14.4 Å². The monoisotopic (exact) mass is 426 g/mol. The molecule has 3 amide bonds. The summed E-state index contributed by atoms with van der Waals surface area (Å²) < 4.78 is 0. The molecule has 1 saturated heterocycles. The van der Waals surface area contributed by atoms with Crippen molar-refractivity contribution in [2.24, 2.45) is 35.5 Å². The minimum absolute atomic E-state index is 0.0442. The van der Waals surface area contributed by atoms with Crippen LogP contribution < -0.4 is 4.90 Å². The van der Waals surface area contributed by atoms with Gasteiger partial charge < -0.3 is 0 Å². The van der Waals surface area contributed by atoms with Crippen LogP contribution in [-0.2, 0) is 9.59 Å². The molecule has 2 aromatic rings. The summed E-state index contributed by atoms with van der Waals surface area (Å²) in [6.07, 6.45) is 5.48. The van der Waals surface area contributed by atoms with Crippen molar-refractivity contribution in [3.8, 4) is 0 Å². The SMILES string of the molecule is Cc1ccccc1C(=O)N(CN1C(=O)C2C3C=CC(C4CC34)C2C1=O)c1ccccc1C. The summed E-state index contributed by atoms with van der Waals surface area (Å²) in [7, 11) is 0. The number of aryl methyl sites for hydroxylation is 2. The lowest BCUT2D eigenvalue weighted by Gasteiger charge is -2.37. The molecular formula is C27H26N2O3. The van der Waals surface area contributed by atoms with E-state index in [2.05, 4.69) is 12.2 Å². The number of hydrogen-bond donors (Lipinski definition) is 0. The number of rotatable bonds is 4. The Labute approximate surface area is 187 Å². The van der Waals surface area contributed by atoms with Crippen LogP contribution in [0.1, 0.15) is 27.9 Å². The molecule has 1 aliphatic heterocycles. The molecule has 0 radical (unpaired) electrons. The Kier molecular flexibility index (Phi) is 4.19. The second-order valence-corrected chi connectivity index (χ2v) is 9.74. The average molecular weight is 427 g/mol. The van der Waals surface area contributed by atoms with Gasteiger partial charge in [0.05, 0.1) is 11.8 Å². The van der Waals surface area contributed by atoms with Crippen molar-refractivity contribution in [3.63, 3.8) is 0 Å². The predicted molar refractivity (Wildman–Crippen MR) is 121 cm³/mol. The number of imide groups is 1. The molecule has 7 rings (SSSR count). The largest absolute Gasteiger partial charge is 0.289 e. The number of anilines is 1. The maximum absolute atomic E-state index is 13.7. The van der Waals surface area contributed by atoms with Gasteiger partial charge in [-0.2, -0.15) is 0 Å². The van der Waals surface area contributed by atoms with Gasteiger partial charge in [0.25, 0.3) is 5.91 Å². The van der Waals surface area contributed by atoms with Crippen LogP contribution in [0.2, 0.25) is 0 Å². The van der Waals surface area contributed by atoms with Gasteiger partial charge in [-0.1, -0.05) is 48.6 Å². The number of benzene rings is 2. The van der Waals surface area contributed by atoms with Crippen LogP contribution >= 0.6 is 0 Å². The van der Waals surface area contributed by atoms with E-state index < -0.39 is 0 Å². The summed E-state index contributed by atoms with van der Waals surface area (Å²) in [4.78, 5) is 43.7. The van der Waals surface area contributed by atoms with E-state index in [0.29, 0.717) is 17.4 Å². The lowest BCUT2D eigenvalue weighted by atomic mass is 9.63. The Hall–Kier alpha value is -3.21.